The van der Waals surface area contributed by atoms with Crippen LogP contribution in [0.5, 0.6) is 0 Å². The molecule has 0 heterocycles. The van der Waals surface area contributed by atoms with E-state index in [2.05, 4.69) is 12.2 Å². The highest BCUT2D eigenvalue weighted by Gasteiger charge is 2.24. The van der Waals surface area contributed by atoms with Crippen LogP contribution in [-0.4, -0.2) is 30.0 Å². The minimum absolute atomic E-state index is 0.0350. The third kappa shape index (κ3) is 4.34. The Hall–Kier alpha value is -0.220. The van der Waals surface area contributed by atoms with Crippen molar-refractivity contribution >= 4 is 17.7 Å². The van der Waals surface area contributed by atoms with E-state index in [1.165, 1.54) is 19.3 Å². The standard InChI is InChI=1S/C12H24N2OS/c1-9-5-3-4-6-11(9)14-12(15)10(13)7-8-16-2/h9-11H,3-8,13H2,1-2H3,(H,14,15)/t9?,10-,11?/m1/s1. The van der Waals surface area contributed by atoms with Gasteiger partial charge in [-0.05, 0) is 37.2 Å². The van der Waals surface area contributed by atoms with Crippen LogP contribution in [0.2, 0.25) is 0 Å². The highest BCUT2D eigenvalue weighted by molar-refractivity contribution is 7.98. The molecular weight excluding hydrogens is 220 g/mol. The van der Waals surface area contributed by atoms with E-state index >= 15 is 0 Å². The molecule has 1 aliphatic carbocycles. The monoisotopic (exact) mass is 244 g/mol. The lowest BCUT2D eigenvalue weighted by atomic mass is 9.86. The van der Waals surface area contributed by atoms with Gasteiger partial charge < -0.3 is 11.1 Å². The number of carbonyl (C=O) groups is 1. The second kappa shape index (κ2) is 7.17. The Labute approximate surface area is 103 Å². The first-order valence-corrected chi connectivity index (χ1v) is 7.59. The number of hydrogen-bond acceptors (Lipinski definition) is 3. The van der Waals surface area contributed by atoms with E-state index in [1.54, 1.807) is 11.8 Å². The number of nitrogens with one attached hydrogen (secondary N) is 1. The normalized spacial score (nSPS) is 27.4. The van der Waals surface area contributed by atoms with E-state index in [0.717, 1.165) is 18.6 Å². The largest absolute Gasteiger partial charge is 0.352 e. The summed E-state index contributed by atoms with van der Waals surface area (Å²) in [5, 5.41) is 3.10. The smallest absolute Gasteiger partial charge is 0.237 e. The van der Waals surface area contributed by atoms with Gasteiger partial charge in [-0.15, -0.1) is 0 Å². The van der Waals surface area contributed by atoms with Crippen LogP contribution in [0, 0.1) is 5.92 Å². The third-order valence-electron chi connectivity index (χ3n) is 3.41. The quantitative estimate of drug-likeness (QED) is 0.775. The minimum atomic E-state index is -0.332. The number of hydrogen-bond donors (Lipinski definition) is 2. The van der Waals surface area contributed by atoms with Crippen molar-refractivity contribution in [2.24, 2.45) is 11.7 Å². The molecule has 0 aliphatic heterocycles. The highest BCUT2D eigenvalue weighted by atomic mass is 32.2. The third-order valence-corrected chi connectivity index (χ3v) is 4.05. The summed E-state index contributed by atoms with van der Waals surface area (Å²) in [6, 6.07) is 0.0168. The van der Waals surface area contributed by atoms with Gasteiger partial charge >= 0.3 is 0 Å². The molecule has 1 fully saturated rings. The van der Waals surface area contributed by atoms with Crippen LogP contribution in [0.4, 0.5) is 0 Å². The van der Waals surface area contributed by atoms with Crippen LogP contribution in [0.25, 0.3) is 0 Å². The number of nitrogens with two attached hydrogens (primary N) is 1. The molecule has 3 atom stereocenters. The lowest BCUT2D eigenvalue weighted by Gasteiger charge is -2.30. The predicted octanol–water partition coefficient (Wildman–Crippen LogP) is 1.76. The van der Waals surface area contributed by atoms with Crippen molar-refractivity contribution in [2.45, 2.75) is 51.1 Å². The molecule has 0 saturated heterocycles. The summed E-state index contributed by atoms with van der Waals surface area (Å²) in [5.74, 6) is 1.59. The summed E-state index contributed by atoms with van der Waals surface area (Å²) in [7, 11) is 0. The van der Waals surface area contributed by atoms with E-state index in [-0.39, 0.29) is 11.9 Å². The van der Waals surface area contributed by atoms with E-state index in [0.29, 0.717) is 12.0 Å². The Morgan fingerprint density at radius 3 is 2.81 bits per heavy atom. The average molecular weight is 244 g/mol. The lowest BCUT2D eigenvalue weighted by molar-refractivity contribution is -0.123. The lowest BCUT2D eigenvalue weighted by Crippen LogP contribution is -2.48. The van der Waals surface area contributed by atoms with Crippen LogP contribution < -0.4 is 11.1 Å². The van der Waals surface area contributed by atoms with Crippen molar-refractivity contribution in [3.63, 3.8) is 0 Å². The van der Waals surface area contributed by atoms with Crippen LogP contribution in [0.3, 0.4) is 0 Å². The van der Waals surface area contributed by atoms with Gasteiger partial charge in [-0.3, -0.25) is 4.79 Å². The molecule has 3 nitrogen and oxygen atoms in total. The van der Waals surface area contributed by atoms with E-state index < -0.39 is 0 Å². The van der Waals surface area contributed by atoms with Crippen molar-refractivity contribution in [2.75, 3.05) is 12.0 Å². The molecule has 0 aromatic heterocycles. The first-order valence-electron chi connectivity index (χ1n) is 6.20. The summed E-state index contributed by atoms with van der Waals surface area (Å²) < 4.78 is 0. The molecule has 4 heteroatoms. The van der Waals surface area contributed by atoms with Crippen LogP contribution in [0.1, 0.15) is 39.0 Å². The Bertz CT molecular complexity index is 223. The summed E-state index contributed by atoms with van der Waals surface area (Å²) in [6.45, 7) is 2.22. The van der Waals surface area contributed by atoms with Crippen LogP contribution in [-0.2, 0) is 4.79 Å². The van der Waals surface area contributed by atoms with Crippen molar-refractivity contribution in [1.29, 1.82) is 0 Å². The fraction of sp³-hybridized carbons (Fsp3) is 0.917. The van der Waals surface area contributed by atoms with Gasteiger partial charge in [-0.2, -0.15) is 11.8 Å². The van der Waals surface area contributed by atoms with E-state index in [9.17, 15) is 4.79 Å². The second-order valence-corrected chi connectivity index (χ2v) is 5.75. The van der Waals surface area contributed by atoms with E-state index in [1.807, 2.05) is 6.26 Å². The Morgan fingerprint density at radius 1 is 1.50 bits per heavy atom. The van der Waals surface area contributed by atoms with Crippen molar-refractivity contribution in [3.05, 3.63) is 0 Å². The summed E-state index contributed by atoms with van der Waals surface area (Å²) in [6.07, 6.45) is 7.68. The molecule has 0 aromatic carbocycles. The van der Waals surface area contributed by atoms with Crippen molar-refractivity contribution in [3.8, 4) is 0 Å². The molecular formula is C12H24N2OS. The maximum absolute atomic E-state index is 11.8. The zero-order chi connectivity index (χ0) is 12.0. The topological polar surface area (TPSA) is 55.1 Å². The predicted molar refractivity (Wildman–Crippen MR) is 70.5 cm³/mol. The Balaban J connectivity index is 2.31. The minimum Gasteiger partial charge on any atom is -0.352 e. The highest BCUT2D eigenvalue weighted by Crippen LogP contribution is 2.23. The summed E-state index contributed by atoms with van der Waals surface area (Å²) in [5.41, 5.74) is 5.84. The average Bonchev–Trinajstić information content (AvgIpc) is 2.28. The molecule has 16 heavy (non-hydrogen) atoms. The Morgan fingerprint density at radius 2 is 2.19 bits per heavy atom. The fourth-order valence-corrected chi connectivity index (χ4v) is 2.69. The molecule has 0 bridgehead atoms. The van der Waals surface area contributed by atoms with E-state index in [4.69, 9.17) is 5.73 Å². The number of rotatable bonds is 5. The first kappa shape index (κ1) is 13.8. The maximum atomic E-state index is 11.8. The van der Waals surface area contributed by atoms with Crippen molar-refractivity contribution in [1.82, 2.24) is 5.32 Å². The number of carbonyl (C=O) groups excluding carboxylic acids is 1. The molecule has 0 aromatic rings. The SMILES string of the molecule is CSCC[C@@H](N)C(=O)NC1CCCCC1C. The van der Waals surface area contributed by atoms with Gasteiger partial charge in [0.25, 0.3) is 0 Å². The maximum Gasteiger partial charge on any atom is 0.237 e. The second-order valence-electron chi connectivity index (χ2n) is 4.76. The molecule has 1 amide bonds. The Kier molecular flexibility index (Phi) is 6.21. The van der Waals surface area contributed by atoms with Crippen molar-refractivity contribution < 1.29 is 4.79 Å². The molecule has 1 aliphatic rings. The van der Waals surface area contributed by atoms with Gasteiger partial charge in [-0.25, -0.2) is 0 Å². The molecule has 1 rings (SSSR count). The zero-order valence-corrected chi connectivity index (χ0v) is 11.2. The van der Waals surface area contributed by atoms with Gasteiger partial charge in [-0.1, -0.05) is 19.8 Å². The molecule has 3 N–H and O–H groups in total. The summed E-state index contributed by atoms with van der Waals surface area (Å²) >= 11 is 1.73. The van der Waals surface area contributed by atoms with Crippen LogP contribution >= 0.6 is 11.8 Å². The molecule has 0 radical (unpaired) electrons. The van der Waals surface area contributed by atoms with Crippen LogP contribution in [0.15, 0.2) is 0 Å². The number of amides is 1. The zero-order valence-electron chi connectivity index (χ0n) is 10.4. The molecule has 1 saturated carbocycles. The molecule has 0 spiro atoms. The van der Waals surface area contributed by atoms with Gasteiger partial charge in [0.15, 0.2) is 0 Å². The fourth-order valence-electron chi connectivity index (χ4n) is 2.20. The number of thioether (sulfide) groups is 1. The van der Waals surface area contributed by atoms with Gasteiger partial charge in [0.1, 0.15) is 0 Å². The van der Waals surface area contributed by atoms with Gasteiger partial charge in [0, 0.05) is 6.04 Å². The molecule has 94 valence electrons. The first-order chi connectivity index (χ1) is 7.65. The van der Waals surface area contributed by atoms with Gasteiger partial charge in [0.05, 0.1) is 6.04 Å². The summed E-state index contributed by atoms with van der Waals surface area (Å²) in [4.78, 5) is 11.8. The van der Waals surface area contributed by atoms with Gasteiger partial charge in [0.2, 0.25) is 5.91 Å². The molecule has 2 unspecified atom stereocenters.